The van der Waals surface area contributed by atoms with Crippen LogP contribution in [0, 0.1) is 11.6 Å². The van der Waals surface area contributed by atoms with E-state index in [9.17, 15) is 17.2 Å². The smallest absolute Gasteiger partial charge is 0.183 e. The largest absolute Gasteiger partial charge is 0.323 e. The first kappa shape index (κ1) is 12.4. The van der Waals surface area contributed by atoms with Crippen molar-refractivity contribution in [1.29, 1.82) is 0 Å². The Morgan fingerprint density at radius 1 is 1.29 bits per heavy atom. The van der Waals surface area contributed by atoms with Crippen LogP contribution in [0.2, 0.25) is 0 Å². The predicted octanol–water partition coefficient (Wildman–Crippen LogP) is 1.92. The van der Waals surface area contributed by atoms with Gasteiger partial charge in [0.25, 0.3) is 0 Å². The Kier molecular flexibility index (Phi) is 2.95. The third-order valence-corrected chi connectivity index (χ3v) is 5.38. The van der Waals surface area contributed by atoms with Crippen molar-refractivity contribution in [3.63, 3.8) is 0 Å². The monoisotopic (exact) mass is 261 g/mol. The number of fused-ring (bicyclic) bond motifs is 1. The van der Waals surface area contributed by atoms with Crippen LogP contribution in [0.3, 0.4) is 0 Å². The molecule has 0 fully saturated rings. The van der Waals surface area contributed by atoms with Gasteiger partial charge in [-0.25, -0.2) is 17.2 Å². The van der Waals surface area contributed by atoms with Crippen molar-refractivity contribution in [2.75, 3.05) is 0 Å². The molecule has 2 rings (SSSR count). The molecular formula is C11H13F2NO2S. The molecule has 2 N–H and O–H groups in total. The van der Waals surface area contributed by atoms with Gasteiger partial charge in [-0.3, -0.25) is 0 Å². The zero-order valence-corrected chi connectivity index (χ0v) is 10.1. The molecule has 0 bridgehead atoms. The standard InChI is InChI=1S/C11H13F2NO2S/c1-2-3-9-11(14)6-4-7(12)8(13)5-10(6)17(9,15)16/h4-5,9,11H,2-3,14H2,1H3. The molecule has 1 aromatic carbocycles. The Morgan fingerprint density at radius 2 is 1.88 bits per heavy atom. The molecule has 1 aromatic rings. The fraction of sp³-hybridized carbons (Fsp3) is 0.455. The number of rotatable bonds is 2. The average molecular weight is 261 g/mol. The van der Waals surface area contributed by atoms with Gasteiger partial charge in [-0.05, 0) is 24.1 Å². The SMILES string of the molecule is CCCC1C(N)c2cc(F)c(F)cc2S1(=O)=O. The molecule has 2 atom stereocenters. The quantitative estimate of drug-likeness (QED) is 0.827. The maximum atomic E-state index is 13.1. The van der Waals surface area contributed by atoms with Gasteiger partial charge in [-0.1, -0.05) is 13.3 Å². The molecule has 0 amide bonds. The maximum Gasteiger partial charge on any atom is 0.183 e. The fourth-order valence-corrected chi connectivity index (χ4v) is 4.42. The summed E-state index contributed by atoms with van der Waals surface area (Å²) in [6, 6.07) is 0.850. The van der Waals surface area contributed by atoms with Crippen LogP contribution in [0.4, 0.5) is 8.78 Å². The first-order valence-electron chi connectivity index (χ1n) is 5.38. The van der Waals surface area contributed by atoms with Gasteiger partial charge in [0.2, 0.25) is 0 Å². The molecule has 1 heterocycles. The molecule has 3 nitrogen and oxygen atoms in total. The van der Waals surface area contributed by atoms with Crippen molar-refractivity contribution in [2.24, 2.45) is 5.73 Å². The fourth-order valence-electron chi connectivity index (χ4n) is 2.23. The van der Waals surface area contributed by atoms with E-state index in [4.69, 9.17) is 5.73 Å². The van der Waals surface area contributed by atoms with Crippen LogP contribution < -0.4 is 5.73 Å². The Hall–Kier alpha value is -1.01. The molecule has 1 aliphatic heterocycles. The Labute approximate surface area is 98.5 Å². The Bertz CT molecular complexity index is 557. The molecule has 2 unspecified atom stereocenters. The van der Waals surface area contributed by atoms with Gasteiger partial charge >= 0.3 is 0 Å². The molecule has 0 aliphatic carbocycles. The molecule has 0 saturated heterocycles. The van der Waals surface area contributed by atoms with E-state index in [0.29, 0.717) is 12.8 Å². The highest BCUT2D eigenvalue weighted by Crippen LogP contribution is 2.40. The zero-order valence-electron chi connectivity index (χ0n) is 9.28. The van der Waals surface area contributed by atoms with Gasteiger partial charge in [0.1, 0.15) is 0 Å². The second-order valence-corrected chi connectivity index (χ2v) is 6.34. The second-order valence-electron chi connectivity index (χ2n) is 4.20. The van der Waals surface area contributed by atoms with Crippen LogP contribution in [0.25, 0.3) is 0 Å². The second kappa shape index (κ2) is 4.03. The summed E-state index contributed by atoms with van der Waals surface area (Å²) >= 11 is 0. The summed E-state index contributed by atoms with van der Waals surface area (Å²) < 4.78 is 50.3. The van der Waals surface area contributed by atoms with E-state index in [-0.39, 0.29) is 10.5 Å². The lowest BCUT2D eigenvalue weighted by molar-refractivity contribution is 0.501. The van der Waals surface area contributed by atoms with E-state index in [1.165, 1.54) is 0 Å². The molecule has 94 valence electrons. The van der Waals surface area contributed by atoms with Crippen LogP contribution in [-0.4, -0.2) is 13.7 Å². The van der Waals surface area contributed by atoms with Crippen molar-refractivity contribution < 1.29 is 17.2 Å². The van der Waals surface area contributed by atoms with E-state index < -0.39 is 32.8 Å². The lowest BCUT2D eigenvalue weighted by Crippen LogP contribution is -2.26. The zero-order chi connectivity index (χ0) is 12.8. The topological polar surface area (TPSA) is 60.2 Å². The van der Waals surface area contributed by atoms with Gasteiger partial charge in [-0.15, -0.1) is 0 Å². The maximum absolute atomic E-state index is 13.1. The number of nitrogens with two attached hydrogens (primary N) is 1. The van der Waals surface area contributed by atoms with E-state index >= 15 is 0 Å². The minimum atomic E-state index is -3.63. The average Bonchev–Trinajstić information content (AvgIpc) is 2.42. The summed E-state index contributed by atoms with van der Waals surface area (Å²) in [4.78, 5) is -0.164. The molecule has 0 saturated carbocycles. The summed E-state index contributed by atoms with van der Waals surface area (Å²) in [7, 11) is -3.63. The molecular weight excluding hydrogens is 248 g/mol. The van der Waals surface area contributed by atoms with Gasteiger partial charge in [0, 0.05) is 6.04 Å². The highest BCUT2D eigenvalue weighted by molar-refractivity contribution is 7.92. The molecule has 0 spiro atoms. The molecule has 1 aliphatic rings. The summed E-state index contributed by atoms with van der Waals surface area (Å²) in [5.41, 5.74) is 5.99. The van der Waals surface area contributed by atoms with Crippen LogP contribution >= 0.6 is 0 Å². The first-order chi connectivity index (χ1) is 7.89. The van der Waals surface area contributed by atoms with Gasteiger partial charge in [0.15, 0.2) is 21.5 Å². The van der Waals surface area contributed by atoms with E-state index in [2.05, 4.69) is 0 Å². The molecule has 17 heavy (non-hydrogen) atoms. The van der Waals surface area contributed by atoms with Crippen molar-refractivity contribution >= 4 is 9.84 Å². The summed E-state index contributed by atoms with van der Waals surface area (Å²) in [5, 5.41) is -0.774. The summed E-state index contributed by atoms with van der Waals surface area (Å²) in [5.74, 6) is -2.22. The minimum Gasteiger partial charge on any atom is -0.323 e. The highest BCUT2D eigenvalue weighted by atomic mass is 32.2. The van der Waals surface area contributed by atoms with Crippen LogP contribution in [0.15, 0.2) is 17.0 Å². The first-order valence-corrected chi connectivity index (χ1v) is 6.92. The van der Waals surface area contributed by atoms with E-state index in [1.54, 1.807) is 0 Å². The van der Waals surface area contributed by atoms with Gasteiger partial charge in [-0.2, -0.15) is 0 Å². The van der Waals surface area contributed by atoms with Gasteiger partial charge in [0.05, 0.1) is 10.1 Å². The van der Waals surface area contributed by atoms with Crippen molar-refractivity contribution in [2.45, 2.75) is 36.0 Å². The summed E-state index contributed by atoms with van der Waals surface area (Å²) in [6.45, 7) is 1.84. The number of benzene rings is 1. The van der Waals surface area contributed by atoms with Crippen LogP contribution in [0.5, 0.6) is 0 Å². The molecule has 0 aromatic heterocycles. The third kappa shape index (κ3) is 1.75. The number of hydrogen-bond donors (Lipinski definition) is 1. The normalized spacial score (nSPS) is 25.9. The van der Waals surface area contributed by atoms with Crippen LogP contribution in [0.1, 0.15) is 31.4 Å². The Morgan fingerprint density at radius 3 is 2.47 bits per heavy atom. The number of sulfone groups is 1. The lowest BCUT2D eigenvalue weighted by atomic mass is 10.0. The van der Waals surface area contributed by atoms with E-state index in [0.717, 1.165) is 12.1 Å². The predicted molar refractivity (Wildman–Crippen MR) is 59.2 cm³/mol. The van der Waals surface area contributed by atoms with Gasteiger partial charge < -0.3 is 5.73 Å². The molecule has 0 radical (unpaired) electrons. The number of hydrogen-bond acceptors (Lipinski definition) is 3. The third-order valence-electron chi connectivity index (χ3n) is 3.09. The molecule has 6 heteroatoms. The Balaban J connectivity index is 2.62. The van der Waals surface area contributed by atoms with Crippen molar-refractivity contribution in [3.8, 4) is 0 Å². The highest BCUT2D eigenvalue weighted by Gasteiger charge is 2.43. The van der Waals surface area contributed by atoms with Crippen LogP contribution in [-0.2, 0) is 9.84 Å². The summed E-state index contributed by atoms with van der Waals surface area (Å²) in [6.07, 6.45) is 1.04. The lowest BCUT2D eigenvalue weighted by Gasteiger charge is -2.13. The number of halogens is 2. The van der Waals surface area contributed by atoms with Crippen molar-refractivity contribution in [1.82, 2.24) is 0 Å². The minimum absolute atomic E-state index is 0.164. The van der Waals surface area contributed by atoms with E-state index in [1.807, 2.05) is 6.92 Å². The van der Waals surface area contributed by atoms with Crippen molar-refractivity contribution in [3.05, 3.63) is 29.3 Å².